The molecule has 4 aromatic heterocycles. The van der Waals surface area contributed by atoms with E-state index in [2.05, 4.69) is 50.7 Å². The second-order valence-corrected chi connectivity index (χ2v) is 6.54. The van der Waals surface area contributed by atoms with Crippen LogP contribution in [0, 0.1) is 0 Å². The number of pyridine rings is 2. The molecule has 0 unspecified atom stereocenters. The molecular formula is C18H17BrF4N8O2. The molecule has 0 aromatic carbocycles. The molecule has 0 fully saturated rings. The van der Waals surface area contributed by atoms with Gasteiger partial charge in [-0.15, -0.1) is 0 Å². The number of nitrogens with one attached hydrogen (secondary N) is 1. The molecule has 4 heterocycles. The first-order valence-corrected chi connectivity index (χ1v) is 9.56. The number of hydrogen-bond acceptors (Lipinski definition) is 8. The third kappa shape index (κ3) is 9.86. The van der Waals surface area contributed by atoms with E-state index in [4.69, 9.17) is 11.5 Å². The summed E-state index contributed by atoms with van der Waals surface area (Å²) < 4.78 is 57.1. The SMILES string of the molecule is FC(F)Oc1ccc(Br)cn1.Nc1ccn(-c2ccc(OC(F)F)nc2)n1.Nc1ccn[nH]1. The van der Waals surface area contributed by atoms with Crippen molar-refractivity contribution < 1.29 is 27.0 Å². The molecule has 4 aromatic rings. The summed E-state index contributed by atoms with van der Waals surface area (Å²) in [4.78, 5) is 7.27. The van der Waals surface area contributed by atoms with Crippen LogP contribution in [0.5, 0.6) is 11.8 Å². The molecule has 33 heavy (non-hydrogen) atoms. The van der Waals surface area contributed by atoms with Gasteiger partial charge in [-0.1, -0.05) is 0 Å². The number of rotatable bonds is 5. The van der Waals surface area contributed by atoms with E-state index in [1.807, 2.05) is 0 Å². The van der Waals surface area contributed by atoms with Crippen LogP contribution in [0.15, 0.2) is 65.7 Å². The Morgan fingerprint density at radius 2 is 1.52 bits per heavy atom. The van der Waals surface area contributed by atoms with Crippen molar-refractivity contribution in [3.05, 3.63) is 65.7 Å². The lowest BCUT2D eigenvalue weighted by Crippen LogP contribution is -2.04. The average Bonchev–Trinajstić information content (AvgIpc) is 3.42. The minimum absolute atomic E-state index is 0.0804. The van der Waals surface area contributed by atoms with Gasteiger partial charge in [-0.25, -0.2) is 14.6 Å². The number of nitrogens with two attached hydrogens (primary N) is 2. The topological polar surface area (TPSA) is 143 Å². The maximum absolute atomic E-state index is 11.9. The lowest BCUT2D eigenvalue weighted by molar-refractivity contribution is -0.0535. The highest BCUT2D eigenvalue weighted by molar-refractivity contribution is 9.10. The third-order valence-corrected chi connectivity index (χ3v) is 3.71. The highest BCUT2D eigenvalue weighted by Gasteiger charge is 2.06. The number of aromatic nitrogens is 6. The molecule has 10 nitrogen and oxygen atoms in total. The van der Waals surface area contributed by atoms with Gasteiger partial charge in [0, 0.05) is 35.1 Å². The Kier molecular flexibility index (Phi) is 9.88. The maximum atomic E-state index is 11.9. The molecule has 4 rings (SSSR count). The molecule has 0 amide bonds. The molecule has 0 aliphatic carbocycles. The number of hydrogen-bond donors (Lipinski definition) is 3. The Morgan fingerprint density at radius 1 is 0.879 bits per heavy atom. The average molecular weight is 533 g/mol. The summed E-state index contributed by atoms with van der Waals surface area (Å²) in [5.74, 6) is 0.755. The summed E-state index contributed by atoms with van der Waals surface area (Å²) in [5, 5.41) is 10.0. The van der Waals surface area contributed by atoms with Crippen LogP contribution in [0.3, 0.4) is 0 Å². The molecule has 0 aliphatic rings. The zero-order chi connectivity index (χ0) is 24.2. The van der Waals surface area contributed by atoms with E-state index in [-0.39, 0.29) is 11.8 Å². The fraction of sp³-hybridized carbons (Fsp3) is 0.111. The van der Waals surface area contributed by atoms with E-state index in [1.165, 1.54) is 29.2 Å². The monoisotopic (exact) mass is 532 g/mol. The minimum Gasteiger partial charge on any atom is -0.417 e. The van der Waals surface area contributed by atoms with Crippen LogP contribution in [-0.2, 0) is 0 Å². The molecule has 0 bridgehead atoms. The zero-order valence-corrected chi connectivity index (χ0v) is 18.1. The Morgan fingerprint density at radius 3 is 1.88 bits per heavy atom. The van der Waals surface area contributed by atoms with Gasteiger partial charge in [0.05, 0.1) is 18.1 Å². The number of nitrogen functional groups attached to an aromatic ring is 2. The van der Waals surface area contributed by atoms with Crippen LogP contribution in [0.1, 0.15) is 0 Å². The first-order valence-electron chi connectivity index (χ1n) is 8.76. The standard InChI is InChI=1S/C9H8F2N4O.C6H4BrF2NO.C3H5N3/c10-9(11)16-8-2-1-6(5-13-8)15-4-3-7(12)14-15;7-4-1-2-5(10-3-4)11-6(8)9;4-3-1-2-5-6-3/h1-5,9H,(H2,12,14);1-3,6H;1-2H,(H3,4,5,6). The highest BCUT2D eigenvalue weighted by atomic mass is 79.9. The van der Waals surface area contributed by atoms with Gasteiger partial charge in [-0.3, -0.25) is 5.10 Å². The van der Waals surface area contributed by atoms with Gasteiger partial charge in [0.1, 0.15) is 11.6 Å². The quantitative estimate of drug-likeness (QED) is 0.328. The molecular weight excluding hydrogens is 516 g/mol. The minimum atomic E-state index is -2.88. The lowest BCUT2D eigenvalue weighted by Gasteiger charge is -2.04. The molecule has 176 valence electrons. The number of anilines is 2. The van der Waals surface area contributed by atoms with Crippen LogP contribution < -0.4 is 20.9 Å². The van der Waals surface area contributed by atoms with Crippen LogP contribution in [0.2, 0.25) is 0 Å². The van der Waals surface area contributed by atoms with Crippen LogP contribution in [-0.4, -0.2) is 43.2 Å². The normalized spacial score (nSPS) is 10.2. The molecule has 0 saturated heterocycles. The van der Waals surface area contributed by atoms with Crippen molar-refractivity contribution in [1.29, 1.82) is 0 Å². The van der Waals surface area contributed by atoms with Crippen LogP contribution in [0.25, 0.3) is 5.69 Å². The van der Waals surface area contributed by atoms with E-state index >= 15 is 0 Å². The van der Waals surface area contributed by atoms with Gasteiger partial charge in [0.2, 0.25) is 11.8 Å². The fourth-order valence-corrected chi connectivity index (χ4v) is 2.18. The fourth-order valence-electron chi connectivity index (χ4n) is 1.94. The van der Waals surface area contributed by atoms with Crippen molar-refractivity contribution >= 4 is 27.6 Å². The van der Waals surface area contributed by atoms with Crippen molar-refractivity contribution in [3.8, 4) is 17.4 Å². The maximum Gasteiger partial charge on any atom is 0.388 e. The first kappa shape index (κ1) is 25.4. The van der Waals surface area contributed by atoms with Crippen LogP contribution in [0.4, 0.5) is 29.2 Å². The Hall–Kier alpha value is -3.88. The summed E-state index contributed by atoms with van der Waals surface area (Å²) in [7, 11) is 0. The highest BCUT2D eigenvalue weighted by Crippen LogP contribution is 2.14. The second kappa shape index (κ2) is 12.8. The van der Waals surface area contributed by atoms with Crippen molar-refractivity contribution in [1.82, 2.24) is 29.9 Å². The number of halogens is 5. The Balaban J connectivity index is 0.000000195. The van der Waals surface area contributed by atoms with E-state index in [0.29, 0.717) is 17.3 Å². The number of H-pyrrole nitrogens is 1. The summed E-state index contributed by atoms with van der Waals surface area (Å²) in [6.45, 7) is -5.69. The van der Waals surface area contributed by atoms with Gasteiger partial charge in [0.25, 0.3) is 0 Å². The van der Waals surface area contributed by atoms with Crippen LogP contribution >= 0.6 is 15.9 Å². The number of nitrogens with zero attached hydrogens (tertiary/aromatic N) is 5. The summed E-state index contributed by atoms with van der Waals surface area (Å²) in [5.41, 5.74) is 11.2. The number of ether oxygens (including phenoxy) is 2. The predicted molar refractivity (Wildman–Crippen MR) is 114 cm³/mol. The van der Waals surface area contributed by atoms with E-state index in [1.54, 1.807) is 36.7 Å². The Labute approximate surface area is 192 Å². The van der Waals surface area contributed by atoms with E-state index < -0.39 is 13.2 Å². The second-order valence-electron chi connectivity index (χ2n) is 5.62. The summed E-state index contributed by atoms with van der Waals surface area (Å²) >= 11 is 3.11. The summed E-state index contributed by atoms with van der Waals surface area (Å²) in [6, 6.07) is 9.13. The van der Waals surface area contributed by atoms with Gasteiger partial charge in [-0.05, 0) is 34.1 Å². The van der Waals surface area contributed by atoms with Gasteiger partial charge in [0.15, 0.2) is 0 Å². The molecule has 0 radical (unpaired) electrons. The van der Waals surface area contributed by atoms with E-state index in [9.17, 15) is 17.6 Å². The van der Waals surface area contributed by atoms with E-state index in [0.717, 1.165) is 4.47 Å². The third-order valence-electron chi connectivity index (χ3n) is 3.24. The zero-order valence-electron chi connectivity index (χ0n) is 16.5. The van der Waals surface area contributed by atoms with Crippen molar-refractivity contribution in [2.24, 2.45) is 0 Å². The van der Waals surface area contributed by atoms with Crippen molar-refractivity contribution in [2.45, 2.75) is 13.2 Å². The van der Waals surface area contributed by atoms with Gasteiger partial charge < -0.3 is 20.9 Å². The smallest absolute Gasteiger partial charge is 0.388 e. The molecule has 0 atom stereocenters. The summed E-state index contributed by atoms with van der Waals surface area (Å²) in [6.07, 6.45) is 6.00. The Bertz CT molecular complexity index is 1060. The molecule has 5 N–H and O–H groups in total. The largest absolute Gasteiger partial charge is 0.417 e. The molecule has 0 aliphatic heterocycles. The number of alkyl halides is 4. The number of aromatic amines is 1. The molecule has 15 heteroatoms. The van der Waals surface area contributed by atoms with Crippen molar-refractivity contribution in [3.63, 3.8) is 0 Å². The lowest BCUT2D eigenvalue weighted by atomic mass is 10.4. The van der Waals surface area contributed by atoms with Gasteiger partial charge in [-0.2, -0.15) is 27.8 Å². The van der Waals surface area contributed by atoms with Crippen molar-refractivity contribution in [2.75, 3.05) is 11.5 Å². The first-order chi connectivity index (χ1) is 15.7. The molecule has 0 spiro atoms. The van der Waals surface area contributed by atoms with Gasteiger partial charge >= 0.3 is 13.2 Å². The predicted octanol–water partition coefficient (Wildman–Crippen LogP) is 3.89. The molecule has 0 saturated carbocycles.